The Hall–Kier alpha value is -3.52. The minimum atomic E-state index is -0.276. The van der Waals surface area contributed by atoms with Crippen molar-refractivity contribution in [3.63, 3.8) is 0 Å². The Kier molecular flexibility index (Phi) is 6.08. The fraction of sp³-hybridized carbons (Fsp3) is 0.174. The topological polar surface area (TPSA) is 80.8 Å². The highest BCUT2D eigenvalue weighted by molar-refractivity contribution is 7.99. The Morgan fingerprint density at radius 3 is 2.68 bits per heavy atom. The Balaban J connectivity index is 1.53. The lowest BCUT2D eigenvalue weighted by Crippen LogP contribution is -2.40. The molecule has 7 nitrogen and oxygen atoms in total. The molecule has 3 aromatic rings. The molecule has 2 aromatic carbocycles. The van der Waals surface area contributed by atoms with E-state index < -0.39 is 0 Å². The number of aromatic nitrogens is 1. The third-order valence-corrected chi connectivity index (χ3v) is 5.93. The first-order chi connectivity index (χ1) is 15.1. The van der Waals surface area contributed by atoms with Crippen LogP contribution in [0.15, 0.2) is 70.7 Å². The van der Waals surface area contributed by atoms with E-state index in [0.29, 0.717) is 34.3 Å². The predicted molar refractivity (Wildman–Crippen MR) is 118 cm³/mol. The number of ether oxygens (including phenoxy) is 2. The smallest absolute Gasteiger partial charge is 0.259 e. The summed E-state index contributed by atoms with van der Waals surface area (Å²) in [4.78, 5) is 32.7. The first-order valence-corrected chi connectivity index (χ1v) is 10.4. The van der Waals surface area contributed by atoms with Crippen LogP contribution < -0.4 is 19.7 Å². The quantitative estimate of drug-likeness (QED) is 0.638. The van der Waals surface area contributed by atoms with E-state index in [1.165, 1.54) is 16.7 Å². The molecule has 8 heteroatoms. The zero-order valence-electron chi connectivity index (χ0n) is 17.1. The number of amides is 2. The van der Waals surface area contributed by atoms with Gasteiger partial charge < -0.3 is 14.8 Å². The van der Waals surface area contributed by atoms with Crippen molar-refractivity contribution in [1.82, 2.24) is 10.3 Å². The summed E-state index contributed by atoms with van der Waals surface area (Å²) >= 11 is 1.42. The van der Waals surface area contributed by atoms with Gasteiger partial charge in [0.25, 0.3) is 5.91 Å². The number of methoxy groups -OCH3 is 2. The van der Waals surface area contributed by atoms with Crippen molar-refractivity contribution in [3.8, 4) is 11.5 Å². The van der Waals surface area contributed by atoms with E-state index in [1.54, 1.807) is 44.7 Å². The molecule has 0 fully saturated rings. The number of nitrogens with one attached hydrogen (secondary N) is 1. The number of nitrogens with zero attached hydrogens (tertiary/aromatic N) is 2. The van der Waals surface area contributed by atoms with Gasteiger partial charge in [-0.2, -0.15) is 0 Å². The van der Waals surface area contributed by atoms with E-state index in [1.807, 2.05) is 30.3 Å². The normalized spacial score (nSPS) is 12.5. The predicted octanol–water partition coefficient (Wildman–Crippen LogP) is 3.53. The summed E-state index contributed by atoms with van der Waals surface area (Å²) in [6, 6.07) is 16.4. The number of pyridine rings is 1. The molecule has 2 heterocycles. The first-order valence-electron chi connectivity index (χ1n) is 9.62. The van der Waals surface area contributed by atoms with Gasteiger partial charge in [-0.05, 0) is 42.0 Å². The summed E-state index contributed by atoms with van der Waals surface area (Å²) < 4.78 is 10.5. The highest BCUT2D eigenvalue weighted by atomic mass is 32.2. The molecule has 1 aliphatic heterocycles. The molecule has 0 bridgehead atoms. The molecule has 0 aliphatic carbocycles. The zero-order chi connectivity index (χ0) is 21.8. The monoisotopic (exact) mass is 435 g/mol. The van der Waals surface area contributed by atoms with E-state index in [0.717, 1.165) is 10.5 Å². The number of carbonyl (C=O) groups excluding carboxylic acids is 2. The third-order valence-electron chi connectivity index (χ3n) is 4.85. The third kappa shape index (κ3) is 4.34. The fourth-order valence-corrected chi connectivity index (χ4v) is 4.32. The van der Waals surface area contributed by atoms with Crippen LogP contribution in [0.4, 0.5) is 5.69 Å². The largest absolute Gasteiger partial charge is 0.493 e. The van der Waals surface area contributed by atoms with Crippen molar-refractivity contribution in [2.24, 2.45) is 0 Å². The molecule has 0 spiro atoms. The summed E-state index contributed by atoms with van der Waals surface area (Å²) in [5, 5.41) is 3.56. The molecule has 0 atom stereocenters. The Morgan fingerprint density at radius 2 is 1.87 bits per heavy atom. The molecule has 1 aliphatic rings. The molecule has 0 saturated heterocycles. The van der Waals surface area contributed by atoms with Crippen LogP contribution in [0.3, 0.4) is 0 Å². The van der Waals surface area contributed by atoms with Crippen LogP contribution in [0.5, 0.6) is 11.5 Å². The molecule has 0 radical (unpaired) electrons. The lowest BCUT2D eigenvalue weighted by molar-refractivity contribution is -0.119. The van der Waals surface area contributed by atoms with Gasteiger partial charge in [0.15, 0.2) is 11.5 Å². The summed E-state index contributed by atoms with van der Waals surface area (Å²) in [5.74, 6) is 0.706. The van der Waals surface area contributed by atoms with Crippen molar-refractivity contribution in [2.75, 3.05) is 25.7 Å². The minimum Gasteiger partial charge on any atom is -0.493 e. The van der Waals surface area contributed by atoms with Gasteiger partial charge in [-0.1, -0.05) is 30.0 Å². The van der Waals surface area contributed by atoms with Gasteiger partial charge in [0.1, 0.15) is 11.6 Å². The van der Waals surface area contributed by atoms with E-state index in [9.17, 15) is 9.59 Å². The maximum atomic E-state index is 13.2. The second kappa shape index (κ2) is 9.09. The Morgan fingerprint density at radius 1 is 1.06 bits per heavy atom. The number of benzene rings is 2. The number of rotatable bonds is 6. The van der Waals surface area contributed by atoms with E-state index in [-0.39, 0.29) is 18.4 Å². The van der Waals surface area contributed by atoms with E-state index in [4.69, 9.17) is 9.47 Å². The van der Waals surface area contributed by atoms with Crippen molar-refractivity contribution >= 4 is 29.3 Å². The number of anilines is 1. The highest BCUT2D eigenvalue weighted by Crippen LogP contribution is 2.39. The molecule has 0 saturated carbocycles. The van der Waals surface area contributed by atoms with Crippen LogP contribution in [0.2, 0.25) is 0 Å². The lowest BCUT2D eigenvalue weighted by Gasteiger charge is -2.22. The summed E-state index contributed by atoms with van der Waals surface area (Å²) in [6.07, 6.45) is 1.68. The number of hydrogen-bond donors (Lipinski definition) is 1. The van der Waals surface area contributed by atoms with Crippen LogP contribution in [-0.4, -0.2) is 37.6 Å². The van der Waals surface area contributed by atoms with Crippen LogP contribution in [0, 0.1) is 0 Å². The maximum absolute atomic E-state index is 13.2. The Labute approximate surface area is 184 Å². The van der Waals surface area contributed by atoms with Gasteiger partial charge in [0, 0.05) is 17.6 Å². The van der Waals surface area contributed by atoms with Gasteiger partial charge in [-0.15, -0.1) is 0 Å². The number of carbonyl (C=O) groups is 2. The SMILES string of the molecule is COc1ccc(CNC(=O)CN2C(=O)c3ccccc3Sc3ncccc32)cc1OC. The molecular weight excluding hydrogens is 414 g/mol. The molecule has 1 N–H and O–H groups in total. The lowest BCUT2D eigenvalue weighted by atomic mass is 10.2. The first kappa shape index (κ1) is 20.7. The second-order valence-corrected chi connectivity index (χ2v) is 7.81. The number of fused-ring (bicyclic) bond motifs is 2. The molecule has 1 aromatic heterocycles. The standard InChI is InChI=1S/C23H21N3O4S/c1-29-18-10-9-15(12-19(18)30-2)13-25-21(27)14-26-17-7-5-11-24-22(17)31-20-8-4-3-6-16(20)23(26)28/h3-12H,13-14H2,1-2H3,(H,25,27). The van der Waals surface area contributed by atoms with Crippen LogP contribution in [0.25, 0.3) is 0 Å². The molecule has 31 heavy (non-hydrogen) atoms. The molecule has 0 unspecified atom stereocenters. The van der Waals surface area contributed by atoms with Crippen LogP contribution in [-0.2, 0) is 11.3 Å². The van der Waals surface area contributed by atoms with Crippen molar-refractivity contribution in [3.05, 3.63) is 71.9 Å². The summed E-state index contributed by atoms with van der Waals surface area (Å²) in [6.45, 7) is 0.187. The Bertz CT molecular complexity index is 1140. The summed E-state index contributed by atoms with van der Waals surface area (Å²) in [7, 11) is 3.13. The van der Waals surface area contributed by atoms with Gasteiger partial charge in [0.05, 0.1) is 25.5 Å². The molecule has 4 rings (SSSR count). The maximum Gasteiger partial charge on any atom is 0.259 e. The summed E-state index contributed by atoms with van der Waals surface area (Å²) in [5.41, 5.74) is 2.03. The molecule has 158 valence electrons. The van der Waals surface area contributed by atoms with Gasteiger partial charge in [0.2, 0.25) is 5.91 Å². The van der Waals surface area contributed by atoms with Gasteiger partial charge in [-0.25, -0.2) is 4.98 Å². The van der Waals surface area contributed by atoms with Gasteiger partial charge >= 0.3 is 0 Å². The zero-order valence-corrected chi connectivity index (χ0v) is 17.9. The minimum absolute atomic E-state index is 0.111. The van der Waals surface area contributed by atoms with Gasteiger partial charge in [-0.3, -0.25) is 14.5 Å². The van der Waals surface area contributed by atoms with Crippen LogP contribution in [0.1, 0.15) is 15.9 Å². The molecule has 2 amide bonds. The highest BCUT2D eigenvalue weighted by Gasteiger charge is 2.29. The number of hydrogen-bond acceptors (Lipinski definition) is 6. The van der Waals surface area contributed by atoms with E-state index >= 15 is 0 Å². The van der Waals surface area contributed by atoms with E-state index in [2.05, 4.69) is 10.3 Å². The second-order valence-electron chi connectivity index (χ2n) is 6.78. The van der Waals surface area contributed by atoms with Crippen molar-refractivity contribution in [2.45, 2.75) is 16.5 Å². The molecular formula is C23H21N3O4S. The van der Waals surface area contributed by atoms with Crippen LogP contribution >= 0.6 is 11.8 Å². The van der Waals surface area contributed by atoms with Crippen molar-refractivity contribution < 1.29 is 19.1 Å². The average molecular weight is 436 g/mol. The average Bonchev–Trinajstić information content (AvgIpc) is 2.92. The van der Waals surface area contributed by atoms with Crippen molar-refractivity contribution in [1.29, 1.82) is 0 Å². The fourth-order valence-electron chi connectivity index (χ4n) is 3.31.